The van der Waals surface area contributed by atoms with Crippen molar-refractivity contribution >= 4 is 23.3 Å². The normalized spacial score (nSPS) is 18.4. The fraction of sp³-hybridized carbons (Fsp3) is 0.562. The first-order chi connectivity index (χ1) is 10.4. The third kappa shape index (κ3) is 3.55. The Balaban J connectivity index is 2.07. The number of rotatable bonds is 2. The molecule has 0 aromatic carbocycles. The van der Waals surface area contributed by atoms with E-state index in [1.165, 1.54) is 6.20 Å². The van der Waals surface area contributed by atoms with E-state index >= 15 is 0 Å². The molecule has 1 aromatic heterocycles. The molecule has 1 atom stereocenters. The van der Waals surface area contributed by atoms with E-state index in [-0.39, 0.29) is 6.04 Å². The van der Waals surface area contributed by atoms with Crippen LogP contribution >= 0.6 is 0 Å². The zero-order chi connectivity index (χ0) is 16.3. The largest absolute Gasteiger partial charge is 0.383 e. The van der Waals surface area contributed by atoms with Crippen LogP contribution in [0.1, 0.15) is 38.7 Å². The number of likely N-dealkylation sites (tertiary alicyclic amines) is 1. The summed E-state index contributed by atoms with van der Waals surface area (Å²) in [6.07, 6.45) is 4.48. The molecule has 2 heterocycles. The number of nitrogens with two attached hydrogens (primary N) is 1. The summed E-state index contributed by atoms with van der Waals surface area (Å²) in [5.74, 6) is -0.316. The van der Waals surface area contributed by atoms with Crippen molar-refractivity contribution in [3.63, 3.8) is 0 Å². The van der Waals surface area contributed by atoms with Gasteiger partial charge in [0, 0.05) is 12.6 Å². The van der Waals surface area contributed by atoms with Crippen LogP contribution in [0, 0.1) is 12.8 Å². The minimum absolute atomic E-state index is 0.137. The average molecular weight is 304 g/mol. The SMILES string of the molecule is Cc1cc(NC(=O)C(=O)N2CCCC[C@H]2C(C)C)cnc1N. The van der Waals surface area contributed by atoms with E-state index in [0.29, 0.717) is 24.0 Å². The number of nitrogens with one attached hydrogen (secondary N) is 1. The van der Waals surface area contributed by atoms with Crippen LogP contribution in [-0.4, -0.2) is 34.3 Å². The van der Waals surface area contributed by atoms with Gasteiger partial charge < -0.3 is 16.0 Å². The second-order valence-electron chi connectivity index (χ2n) is 6.19. The minimum Gasteiger partial charge on any atom is -0.383 e. The van der Waals surface area contributed by atoms with E-state index in [2.05, 4.69) is 24.1 Å². The van der Waals surface area contributed by atoms with Crippen molar-refractivity contribution in [3.05, 3.63) is 17.8 Å². The number of hydrogen-bond acceptors (Lipinski definition) is 4. The number of anilines is 2. The lowest BCUT2D eigenvalue weighted by atomic mass is 9.92. The average Bonchev–Trinajstić information content (AvgIpc) is 2.50. The van der Waals surface area contributed by atoms with Gasteiger partial charge in [-0.05, 0) is 43.7 Å². The molecule has 3 N–H and O–H groups in total. The molecule has 2 amide bonds. The van der Waals surface area contributed by atoms with E-state index < -0.39 is 11.8 Å². The molecule has 1 aromatic rings. The first-order valence-electron chi connectivity index (χ1n) is 7.74. The molecule has 0 spiro atoms. The van der Waals surface area contributed by atoms with E-state index in [4.69, 9.17) is 5.73 Å². The van der Waals surface area contributed by atoms with E-state index in [1.54, 1.807) is 17.9 Å². The predicted molar refractivity (Wildman–Crippen MR) is 86.2 cm³/mol. The van der Waals surface area contributed by atoms with Gasteiger partial charge >= 0.3 is 11.8 Å². The number of piperidine rings is 1. The Labute approximate surface area is 131 Å². The van der Waals surface area contributed by atoms with E-state index in [0.717, 1.165) is 24.8 Å². The molecule has 0 bridgehead atoms. The number of amides is 2. The number of carbonyl (C=O) groups excluding carboxylic acids is 2. The maximum absolute atomic E-state index is 12.4. The quantitative estimate of drug-likeness (QED) is 0.817. The van der Waals surface area contributed by atoms with Crippen molar-refractivity contribution < 1.29 is 9.59 Å². The van der Waals surface area contributed by atoms with Crippen molar-refractivity contribution in [3.8, 4) is 0 Å². The number of pyridine rings is 1. The van der Waals surface area contributed by atoms with E-state index in [9.17, 15) is 9.59 Å². The van der Waals surface area contributed by atoms with Crippen LogP contribution in [0.4, 0.5) is 11.5 Å². The molecule has 120 valence electrons. The van der Waals surface area contributed by atoms with E-state index in [1.807, 2.05) is 0 Å². The molecule has 0 unspecified atom stereocenters. The first kappa shape index (κ1) is 16.3. The molecule has 0 aliphatic carbocycles. The molecular formula is C16H24N4O2. The number of hydrogen-bond donors (Lipinski definition) is 2. The zero-order valence-corrected chi connectivity index (χ0v) is 13.4. The van der Waals surface area contributed by atoms with Gasteiger partial charge in [-0.3, -0.25) is 9.59 Å². The van der Waals surface area contributed by atoms with Gasteiger partial charge in [-0.15, -0.1) is 0 Å². The maximum atomic E-state index is 12.4. The Morgan fingerprint density at radius 3 is 2.77 bits per heavy atom. The summed E-state index contributed by atoms with van der Waals surface area (Å²) in [5, 5.41) is 2.62. The highest BCUT2D eigenvalue weighted by Crippen LogP contribution is 2.23. The van der Waals surface area contributed by atoms with Gasteiger partial charge in [-0.25, -0.2) is 4.98 Å². The lowest BCUT2D eigenvalue weighted by Gasteiger charge is -2.37. The number of carbonyl (C=O) groups is 2. The van der Waals surface area contributed by atoms with Crippen LogP contribution < -0.4 is 11.1 Å². The fourth-order valence-electron chi connectivity index (χ4n) is 2.87. The van der Waals surface area contributed by atoms with Crippen LogP contribution in [0.15, 0.2) is 12.3 Å². The van der Waals surface area contributed by atoms with Crippen LogP contribution in [-0.2, 0) is 9.59 Å². The Hall–Kier alpha value is -2.11. The summed E-state index contributed by atoms with van der Waals surface area (Å²) in [4.78, 5) is 30.3. The summed E-state index contributed by atoms with van der Waals surface area (Å²) in [7, 11) is 0. The van der Waals surface area contributed by atoms with Crippen LogP contribution in [0.5, 0.6) is 0 Å². The molecule has 2 rings (SSSR count). The summed E-state index contributed by atoms with van der Waals surface area (Å²) < 4.78 is 0. The molecule has 1 fully saturated rings. The predicted octanol–water partition coefficient (Wildman–Crippen LogP) is 1.95. The van der Waals surface area contributed by atoms with Crippen molar-refractivity contribution in [1.82, 2.24) is 9.88 Å². The molecule has 0 saturated carbocycles. The van der Waals surface area contributed by atoms with Crippen LogP contribution in [0.3, 0.4) is 0 Å². The number of aryl methyl sites for hydroxylation is 1. The second-order valence-corrected chi connectivity index (χ2v) is 6.19. The first-order valence-corrected chi connectivity index (χ1v) is 7.74. The highest BCUT2D eigenvalue weighted by atomic mass is 16.2. The Bertz CT molecular complexity index is 571. The molecule has 1 aliphatic heterocycles. The summed E-state index contributed by atoms with van der Waals surface area (Å²) in [6.45, 7) is 6.62. The minimum atomic E-state index is -0.612. The topological polar surface area (TPSA) is 88.3 Å². The van der Waals surface area contributed by atoms with Gasteiger partial charge in [-0.2, -0.15) is 0 Å². The summed E-state index contributed by atoms with van der Waals surface area (Å²) in [6, 6.07) is 1.85. The van der Waals surface area contributed by atoms with Gasteiger partial charge in [0.15, 0.2) is 0 Å². The molecular weight excluding hydrogens is 280 g/mol. The van der Waals surface area contributed by atoms with Gasteiger partial charge in [-0.1, -0.05) is 13.8 Å². The number of nitrogens with zero attached hydrogens (tertiary/aromatic N) is 2. The lowest BCUT2D eigenvalue weighted by Crippen LogP contribution is -2.50. The second kappa shape index (κ2) is 6.77. The monoisotopic (exact) mass is 304 g/mol. The summed E-state index contributed by atoms with van der Waals surface area (Å²) in [5.41, 5.74) is 6.90. The van der Waals surface area contributed by atoms with Gasteiger partial charge in [0.25, 0.3) is 0 Å². The lowest BCUT2D eigenvalue weighted by molar-refractivity contribution is -0.146. The smallest absolute Gasteiger partial charge is 0.313 e. The molecule has 6 heteroatoms. The molecule has 0 radical (unpaired) electrons. The zero-order valence-electron chi connectivity index (χ0n) is 13.4. The van der Waals surface area contributed by atoms with Crippen molar-refractivity contribution in [2.45, 2.75) is 46.1 Å². The Morgan fingerprint density at radius 2 is 2.14 bits per heavy atom. The third-order valence-corrected chi connectivity index (χ3v) is 4.15. The van der Waals surface area contributed by atoms with Crippen molar-refractivity contribution in [2.75, 3.05) is 17.6 Å². The Morgan fingerprint density at radius 1 is 1.41 bits per heavy atom. The van der Waals surface area contributed by atoms with Gasteiger partial charge in [0.1, 0.15) is 5.82 Å². The molecule has 22 heavy (non-hydrogen) atoms. The maximum Gasteiger partial charge on any atom is 0.313 e. The van der Waals surface area contributed by atoms with Crippen molar-refractivity contribution in [2.24, 2.45) is 5.92 Å². The molecule has 6 nitrogen and oxygen atoms in total. The fourth-order valence-corrected chi connectivity index (χ4v) is 2.87. The highest BCUT2D eigenvalue weighted by molar-refractivity contribution is 6.39. The Kier molecular flexibility index (Phi) is 5.00. The highest BCUT2D eigenvalue weighted by Gasteiger charge is 2.32. The van der Waals surface area contributed by atoms with Crippen LogP contribution in [0.25, 0.3) is 0 Å². The standard InChI is InChI=1S/C16H24N4O2/c1-10(2)13-6-4-5-7-20(13)16(22)15(21)19-12-8-11(3)14(17)18-9-12/h8-10,13H,4-7H2,1-3H3,(H2,17,18)(H,19,21)/t13-/m0/s1. The number of nitrogen functional groups attached to an aromatic ring is 1. The molecule has 1 aliphatic rings. The van der Waals surface area contributed by atoms with Crippen LogP contribution in [0.2, 0.25) is 0 Å². The third-order valence-electron chi connectivity index (χ3n) is 4.15. The molecule has 1 saturated heterocycles. The van der Waals surface area contributed by atoms with Gasteiger partial charge in [0.2, 0.25) is 0 Å². The number of aromatic nitrogens is 1. The summed E-state index contributed by atoms with van der Waals surface area (Å²) >= 11 is 0. The van der Waals surface area contributed by atoms with Gasteiger partial charge in [0.05, 0.1) is 11.9 Å². The van der Waals surface area contributed by atoms with Crippen molar-refractivity contribution in [1.29, 1.82) is 0 Å².